The van der Waals surface area contributed by atoms with Gasteiger partial charge in [-0.05, 0) is 58.7 Å². The van der Waals surface area contributed by atoms with Crippen LogP contribution in [0.1, 0.15) is 15.9 Å². The molecule has 0 radical (unpaired) electrons. The summed E-state index contributed by atoms with van der Waals surface area (Å²) >= 11 is 9.33. The zero-order valence-corrected chi connectivity index (χ0v) is 15.5. The molecule has 0 aliphatic rings. The lowest BCUT2D eigenvalue weighted by molar-refractivity contribution is -0.115. The number of nitrogens with one attached hydrogen (secondary N) is 2. The number of anilines is 1. The van der Waals surface area contributed by atoms with Crippen LogP contribution in [0.25, 0.3) is 0 Å². The van der Waals surface area contributed by atoms with Crippen LogP contribution in [0.15, 0.2) is 40.9 Å². The first-order valence-corrected chi connectivity index (χ1v) is 8.26. The van der Waals surface area contributed by atoms with E-state index in [2.05, 4.69) is 26.6 Å². The minimum atomic E-state index is -0.351. The number of amides is 2. The number of benzene rings is 2. The molecule has 0 saturated carbocycles. The molecule has 0 aliphatic heterocycles. The maximum absolute atomic E-state index is 12.1. The van der Waals surface area contributed by atoms with Gasteiger partial charge in [0.25, 0.3) is 5.91 Å². The highest BCUT2D eigenvalue weighted by atomic mass is 79.9. The molecule has 0 saturated heterocycles. The molecule has 0 atom stereocenters. The fraction of sp³-hybridized carbons (Fsp3) is 0.176. The molecule has 0 aliphatic carbocycles. The highest BCUT2D eigenvalue weighted by Gasteiger charge is 2.11. The maximum Gasteiger partial charge on any atom is 0.251 e. The average Bonchev–Trinajstić information content (AvgIpc) is 2.56. The van der Waals surface area contributed by atoms with Crippen molar-refractivity contribution < 1.29 is 14.3 Å². The molecule has 0 bridgehead atoms. The third-order valence-corrected chi connectivity index (χ3v) is 4.39. The quantitative estimate of drug-likeness (QED) is 0.786. The first-order valence-electron chi connectivity index (χ1n) is 7.09. The lowest BCUT2D eigenvalue weighted by Gasteiger charge is -2.10. The number of ether oxygens (including phenoxy) is 1. The number of hydrogen-bond donors (Lipinski definition) is 2. The number of rotatable bonds is 5. The van der Waals surface area contributed by atoms with Gasteiger partial charge in [0.1, 0.15) is 5.75 Å². The van der Waals surface area contributed by atoms with Gasteiger partial charge in [0.15, 0.2) is 0 Å². The van der Waals surface area contributed by atoms with E-state index in [9.17, 15) is 9.59 Å². The number of halogens is 2. The van der Waals surface area contributed by atoms with E-state index >= 15 is 0 Å². The zero-order chi connectivity index (χ0) is 17.7. The zero-order valence-electron chi connectivity index (χ0n) is 13.2. The van der Waals surface area contributed by atoms with E-state index in [1.165, 1.54) is 0 Å². The molecule has 126 valence electrons. The molecule has 2 N–H and O–H groups in total. The van der Waals surface area contributed by atoms with Crippen LogP contribution in [0.5, 0.6) is 5.75 Å². The fourth-order valence-electron chi connectivity index (χ4n) is 2.01. The second-order valence-corrected chi connectivity index (χ2v) is 6.25. The summed E-state index contributed by atoms with van der Waals surface area (Å²) in [5.41, 5.74) is 1.82. The summed E-state index contributed by atoms with van der Waals surface area (Å²) in [6.45, 7) is 1.67. The third-order valence-electron chi connectivity index (χ3n) is 3.37. The van der Waals surface area contributed by atoms with Crippen LogP contribution < -0.4 is 15.4 Å². The topological polar surface area (TPSA) is 67.4 Å². The molecule has 5 nitrogen and oxygen atoms in total. The molecule has 7 heteroatoms. The maximum atomic E-state index is 12.1. The van der Waals surface area contributed by atoms with Crippen molar-refractivity contribution in [1.82, 2.24) is 5.32 Å². The molecule has 0 spiro atoms. The molecule has 2 aromatic rings. The largest absolute Gasteiger partial charge is 0.496 e. The van der Waals surface area contributed by atoms with Gasteiger partial charge in [-0.25, -0.2) is 0 Å². The summed E-state index contributed by atoms with van der Waals surface area (Å²) < 4.78 is 5.78. The number of carbonyl (C=O) groups excluding carboxylic acids is 2. The molecular formula is C17H16BrClN2O3. The predicted octanol–water partition coefficient (Wildman–Crippen LogP) is 3.79. The van der Waals surface area contributed by atoms with E-state index in [1.54, 1.807) is 43.5 Å². The van der Waals surface area contributed by atoms with E-state index < -0.39 is 0 Å². The molecular weight excluding hydrogens is 396 g/mol. The molecule has 2 amide bonds. The van der Waals surface area contributed by atoms with Crippen LogP contribution in [0.3, 0.4) is 0 Å². The Morgan fingerprint density at radius 1 is 1.25 bits per heavy atom. The van der Waals surface area contributed by atoms with Crippen molar-refractivity contribution >= 4 is 45.0 Å². The first-order chi connectivity index (χ1) is 11.4. The standard InChI is InChI=1S/C17H16BrClN2O3/c1-10-13(19)4-3-5-14(10)21-16(22)9-20-17(23)11-6-7-15(24-2)12(18)8-11/h3-8H,9H2,1-2H3,(H,20,23)(H,21,22). The van der Waals surface area contributed by atoms with Crippen molar-refractivity contribution in [3.8, 4) is 5.75 Å². The van der Waals surface area contributed by atoms with Crippen molar-refractivity contribution in [3.05, 3.63) is 57.0 Å². The molecule has 24 heavy (non-hydrogen) atoms. The second kappa shape index (κ2) is 8.17. The summed E-state index contributed by atoms with van der Waals surface area (Å²) in [7, 11) is 1.54. The third kappa shape index (κ3) is 4.49. The van der Waals surface area contributed by atoms with Crippen molar-refractivity contribution in [2.45, 2.75) is 6.92 Å². The SMILES string of the molecule is COc1ccc(C(=O)NCC(=O)Nc2cccc(Cl)c2C)cc1Br. The smallest absolute Gasteiger partial charge is 0.251 e. The average molecular weight is 412 g/mol. The minimum absolute atomic E-state index is 0.144. The van der Waals surface area contributed by atoms with Gasteiger partial charge < -0.3 is 15.4 Å². The fourth-order valence-corrected chi connectivity index (χ4v) is 2.72. The molecule has 0 unspecified atom stereocenters. The number of carbonyl (C=O) groups is 2. The van der Waals surface area contributed by atoms with Gasteiger partial charge in [0.05, 0.1) is 18.1 Å². The van der Waals surface area contributed by atoms with E-state index in [0.29, 0.717) is 26.5 Å². The number of methoxy groups -OCH3 is 1. The molecule has 2 rings (SSSR count). The molecule has 0 fully saturated rings. The molecule has 2 aromatic carbocycles. The van der Waals surface area contributed by atoms with Crippen LogP contribution in [0.2, 0.25) is 5.02 Å². The van der Waals surface area contributed by atoms with Crippen molar-refractivity contribution in [2.75, 3.05) is 19.0 Å². The van der Waals surface area contributed by atoms with E-state index in [1.807, 2.05) is 6.92 Å². The summed E-state index contributed by atoms with van der Waals surface area (Å²) in [4.78, 5) is 24.1. The van der Waals surface area contributed by atoms with Crippen LogP contribution >= 0.6 is 27.5 Å². The lowest BCUT2D eigenvalue weighted by atomic mass is 10.2. The Kier molecular flexibility index (Phi) is 6.23. The summed E-state index contributed by atoms with van der Waals surface area (Å²) in [6, 6.07) is 10.2. The Hall–Kier alpha value is -2.05. The van der Waals surface area contributed by atoms with E-state index in [4.69, 9.17) is 16.3 Å². The van der Waals surface area contributed by atoms with Gasteiger partial charge in [-0.3, -0.25) is 9.59 Å². The monoisotopic (exact) mass is 410 g/mol. The predicted molar refractivity (Wildman–Crippen MR) is 97.8 cm³/mol. The van der Waals surface area contributed by atoms with E-state index in [-0.39, 0.29) is 18.4 Å². The van der Waals surface area contributed by atoms with Crippen LogP contribution in [0, 0.1) is 6.92 Å². The van der Waals surface area contributed by atoms with Crippen molar-refractivity contribution in [2.24, 2.45) is 0 Å². The second-order valence-electron chi connectivity index (χ2n) is 4.99. The Bertz CT molecular complexity index is 780. The molecule has 0 aromatic heterocycles. The van der Waals surface area contributed by atoms with Gasteiger partial charge in [-0.15, -0.1) is 0 Å². The molecule has 0 heterocycles. The van der Waals surface area contributed by atoms with Crippen LogP contribution in [0.4, 0.5) is 5.69 Å². The number of hydrogen-bond acceptors (Lipinski definition) is 3. The lowest BCUT2D eigenvalue weighted by Crippen LogP contribution is -2.33. The van der Waals surface area contributed by atoms with Crippen molar-refractivity contribution in [1.29, 1.82) is 0 Å². The Morgan fingerprint density at radius 3 is 2.67 bits per heavy atom. The van der Waals surface area contributed by atoms with E-state index in [0.717, 1.165) is 5.56 Å². The summed E-state index contributed by atoms with van der Waals surface area (Å²) in [5.74, 6) is -0.0571. The van der Waals surface area contributed by atoms with Crippen molar-refractivity contribution in [3.63, 3.8) is 0 Å². The Morgan fingerprint density at radius 2 is 2.00 bits per heavy atom. The van der Waals surface area contributed by atoms with Gasteiger partial charge in [-0.1, -0.05) is 17.7 Å². The highest BCUT2D eigenvalue weighted by molar-refractivity contribution is 9.10. The Labute approximate surface area is 153 Å². The van der Waals surface area contributed by atoms with Gasteiger partial charge in [-0.2, -0.15) is 0 Å². The summed E-state index contributed by atoms with van der Waals surface area (Å²) in [5, 5.41) is 5.86. The van der Waals surface area contributed by atoms with Gasteiger partial charge >= 0.3 is 0 Å². The minimum Gasteiger partial charge on any atom is -0.496 e. The van der Waals surface area contributed by atoms with Gasteiger partial charge in [0, 0.05) is 16.3 Å². The summed E-state index contributed by atoms with van der Waals surface area (Å²) in [6.07, 6.45) is 0. The highest BCUT2D eigenvalue weighted by Crippen LogP contribution is 2.25. The van der Waals surface area contributed by atoms with Gasteiger partial charge in [0.2, 0.25) is 5.91 Å². The normalized spacial score (nSPS) is 10.2. The first kappa shape index (κ1) is 18.3. The van der Waals surface area contributed by atoms with Crippen LogP contribution in [-0.2, 0) is 4.79 Å². The Balaban J connectivity index is 1.95. The van der Waals surface area contributed by atoms with Crippen LogP contribution in [-0.4, -0.2) is 25.5 Å².